The molecule has 1 aromatic carbocycles. The number of piperazine rings is 1. The van der Waals surface area contributed by atoms with Crippen molar-refractivity contribution in [3.63, 3.8) is 0 Å². The maximum absolute atomic E-state index is 14.3. The van der Waals surface area contributed by atoms with Gasteiger partial charge in [-0.25, -0.2) is 13.9 Å². The highest BCUT2D eigenvalue weighted by Crippen LogP contribution is 2.33. The van der Waals surface area contributed by atoms with Gasteiger partial charge < -0.3 is 19.5 Å². The van der Waals surface area contributed by atoms with Gasteiger partial charge in [-0.1, -0.05) is 0 Å². The number of methoxy groups -OCH3 is 1. The van der Waals surface area contributed by atoms with Crippen LogP contribution in [0.4, 0.5) is 10.1 Å². The van der Waals surface area contributed by atoms with Gasteiger partial charge in [-0.15, -0.1) is 0 Å². The minimum atomic E-state index is -0.531. The molecule has 0 aliphatic carbocycles. The fourth-order valence-corrected chi connectivity index (χ4v) is 5.56. The van der Waals surface area contributed by atoms with Crippen LogP contribution in [0.1, 0.15) is 12.8 Å². The number of piperidine rings is 1. The van der Waals surface area contributed by atoms with Crippen molar-refractivity contribution in [2.45, 2.75) is 18.9 Å². The summed E-state index contributed by atoms with van der Waals surface area (Å²) in [5, 5.41) is 5.20. The van der Waals surface area contributed by atoms with Gasteiger partial charge in [0.2, 0.25) is 5.56 Å². The van der Waals surface area contributed by atoms with Gasteiger partial charge in [0.15, 0.2) is 17.2 Å². The van der Waals surface area contributed by atoms with E-state index in [1.54, 1.807) is 16.8 Å². The average Bonchev–Trinajstić information content (AvgIpc) is 3.31. The van der Waals surface area contributed by atoms with E-state index >= 15 is 0 Å². The highest BCUT2D eigenvalue weighted by Gasteiger charge is 2.27. The number of rotatable bonds is 4. The second-order valence-electron chi connectivity index (χ2n) is 9.78. The number of aromatic amines is 1. The van der Waals surface area contributed by atoms with Crippen molar-refractivity contribution in [3.8, 4) is 16.9 Å². The van der Waals surface area contributed by atoms with Crippen molar-refractivity contribution in [1.82, 2.24) is 29.4 Å². The highest BCUT2D eigenvalue weighted by atomic mass is 19.1. The second kappa shape index (κ2) is 9.18. The molecular formula is C26H30FN7O2. The van der Waals surface area contributed by atoms with Gasteiger partial charge in [0.25, 0.3) is 0 Å². The Morgan fingerprint density at radius 2 is 1.81 bits per heavy atom. The second-order valence-corrected chi connectivity index (χ2v) is 9.78. The topological polar surface area (TPSA) is 82.0 Å². The summed E-state index contributed by atoms with van der Waals surface area (Å²) in [4.78, 5) is 27.2. The number of pyridine rings is 1. The van der Waals surface area contributed by atoms with Crippen LogP contribution >= 0.6 is 0 Å². The van der Waals surface area contributed by atoms with Crippen LogP contribution in [-0.4, -0.2) is 88.8 Å². The number of benzene rings is 1. The zero-order valence-electron chi connectivity index (χ0n) is 20.6. The summed E-state index contributed by atoms with van der Waals surface area (Å²) in [6.45, 7) is 6.37. The predicted octanol–water partition coefficient (Wildman–Crippen LogP) is 2.60. The Hall–Kier alpha value is -3.50. The van der Waals surface area contributed by atoms with Crippen molar-refractivity contribution >= 4 is 22.2 Å². The first-order valence-electron chi connectivity index (χ1n) is 12.4. The first kappa shape index (κ1) is 22.9. The summed E-state index contributed by atoms with van der Waals surface area (Å²) in [5.74, 6) is -0.418. The number of fused-ring (bicyclic) bond motifs is 2. The molecule has 0 atom stereocenters. The molecule has 9 nitrogen and oxygen atoms in total. The Morgan fingerprint density at radius 3 is 2.56 bits per heavy atom. The Bertz CT molecular complexity index is 1470. The Kier molecular flexibility index (Phi) is 5.85. The first-order chi connectivity index (χ1) is 17.5. The molecule has 6 rings (SSSR count). The Labute approximate surface area is 208 Å². The molecule has 0 unspecified atom stereocenters. The molecule has 0 radical (unpaired) electrons. The number of nitrogens with zero attached hydrogens (tertiary/aromatic N) is 6. The van der Waals surface area contributed by atoms with Crippen molar-refractivity contribution < 1.29 is 9.13 Å². The van der Waals surface area contributed by atoms with Gasteiger partial charge in [0.05, 0.1) is 36.9 Å². The van der Waals surface area contributed by atoms with E-state index in [2.05, 4.69) is 31.8 Å². The lowest BCUT2D eigenvalue weighted by Crippen LogP contribution is -2.53. The minimum Gasteiger partial charge on any atom is -0.494 e. The van der Waals surface area contributed by atoms with E-state index in [1.807, 2.05) is 12.4 Å². The van der Waals surface area contributed by atoms with E-state index in [1.165, 1.54) is 45.2 Å². The van der Waals surface area contributed by atoms with Crippen molar-refractivity contribution in [2.75, 3.05) is 58.3 Å². The summed E-state index contributed by atoms with van der Waals surface area (Å²) < 4.78 is 21.2. The molecule has 36 heavy (non-hydrogen) atoms. The molecule has 10 heteroatoms. The molecule has 0 saturated carbocycles. The number of hydrogen-bond donors (Lipinski definition) is 1. The lowest BCUT2D eigenvalue weighted by Gasteiger charge is -2.42. The highest BCUT2D eigenvalue weighted by molar-refractivity contribution is 5.98. The van der Waals surface area contributed by atoms with Crippen LogP contribution in [0.15, 0.2) is 41.6 Å². The van der Waals surface area contributed by atoms with Gasteiger partial charge in [0, 0.05) is 60.9 Å². The molecule has 5 heterocycles. The summed E-state index contributed by atoms with van der Waals surface area (Å²) >= 11 is 0. The summed E-state index contributed by atoms with van der Waals surface area (Å²) in [6, 6.07) is 5.06. The SMILES string of the molecule is COc1cc2c(-c3cnn4cc(N5CCN(C6CCN(C)CC6)CC5)cnc34)cc(=O)[nH]c2cc1F. The maximum Gasteiger partial charge on any atom is 0.249 e. The van der Waals surface area contributed by atoms with E-state index in [0.29, 0.717) is 33.7 Å². The number of anilines is 1. The molecule has 2 saturated heterocycles. The van der Waals surface area contributed by atoms with E-state index in [9.17, 15) is 9.18 Å². The smallest absolute Gasteiger partial charge is 0.249 e. The van der Waals surface area contributed by atoms with Gasteiger partial charge in [-0.05, 0) is 39.0 Å². The third-order valence-electron chi connectivity index (χ3n) is 7.63. The lowest BCUT2D eigenvalue weighted by atomic mass is 10.0. The average molecular weight is 492 g/mol. The third-order valence-corrected chi connectivity index (χ3v) is 7.63. The fraction of sp³-hybridized carbons (Fsp3) is 0.423. The molecule has 4 aromatic rings. The van der Waals surface area contributed by atoms with Crippen molar-refractivity contribution in [1.29, 1.82) is 0 Å². The van der Waals surface area contributed by atoms with Gasteiger partial charge in [0.1, 0.15) is 0 Å². The van der Waals surface area contributed by atoms with Crippen LogP contribution in [0.3, 0.4) is 0 Å². The molecule has 0 spiro atoms. The molecule has 0 bridgehead atoms. The molecule has 1 N–H and O–H groups in total. The van der Waals surface area contributed by atoms with E-state index in [4.69, 9.17) is 9.72 Å². The molecular weight excluding hydrogens is 461 g/mol. The number of aromatic nitrogens is 4. The van der Waals surface area contributed by atoms with Crippen LogP contribution in [0, 0.1) is 5.82 Å². The van der Waals surface area contributed by atoms with Crippen LogP contribution in [0.25, 0.3) is 27.7 Å². The zero-order valence-corrected chi connectivity index (χ0v) is 20.6. The lowest BCUT2D eigenvalue weighted by molar-refractivity contribution is 0.115. The minimum absolute atomic E-state index is 0.113. The molecule has 2 aliphatic heterocycles. The number of likely N-dealkylation sites (tertiary alicyclic amines) is 1. The molecule has 3 aromatic heterocycles. The standard InChI is InChI=1S/C26H30FN7O2/c1-31-5-3-17(4-6-31)32-7-9-33(10-8-32)18-14-28-26-21(15-29-34(26)16-18)19-12-25(35)30-23-13-22(27)24(36-2)11-20(19)23/h11-17H,3-10H2,1-2H3,(H,30,35). The van der Waals surface area contributed by atoms with Gasteiger partial charge in [-0.2, -0.15) is 5.10 Å². The molecule has 2 fully saturated rings. The monoisotopic (exact) mass is 491 g/mol. The largest absolute Gasteiger partial charge is 0.494 e. The maximum atomic E-state index is 14.3. The Balaban J connectivity index is 1.27. The first-order valence-corrected chi connectivity index (χ1v) is 12.4. The number of hydrogen-bond acceptors (Lipinski definition) is 7. The zero-order chi connectivity index (χ0) is 24.8. The summed E-state index contributed by atoms with van der Waals surface area (Å²) in [6.07, 6.45) is 8.06. The number of H-pyrrole nitrogens is 1. The number of halogens is 1. The fourth-order valence-electron chi connectivity index (χ4n) is 5.56. The molecule has 2 aliphatic rings. The predicted molar refractivity (Wildman–Crippen MR) is 137 cm³/mol. The van der Waals surface area contributed by atoms with Crippen LogP contribution in [-0.2, 0) is 0 Å². The quantitative estimate of drug-likeness (QED) is 0.470. The van der Waals surface area contributed by atoms with E-state index < -0.39 is 5.82 Å². The number of ether oxygens (including phenoxy) is 1. The summed E-state index contributed by atoms with van der Waals surface area (Å²) in [5.41, 5.74) is 3.08. The Morgan fingerprint density at radius 1 is 1.03 bits per heavy atom. The summed E-state index contributed by atoms with van der Waals surface area (Å²) in [7, 11) is 3.62. The van der Waals surface area contributed by atoms with Crippen LogP contribution in [0.5, 0.6) is 5.75 Å². The van der Waals surface area contributed by atoms with Crippen molar-refractivity contribution in [2.24, 2.45) is 0 Å². The van der Waals surface area contributed by atoms with E-state index in [0.717, 1.165) is 31.9 Å². The van der Waals surface area contributed by atoms with Gasteiger partial charge in [-0.3, -0.25) is 9.69 Å². The number of nitrogens with one attached hydrogen (secondary N) is 1. The third kappa shape index (κ3) is 4.10. The van der Waals surface area contributed by atoms with Crippen LogP contribution in [0.2, 0.25) is 0 Å². The molecule has 188 valence electrons. The normalized spacial score (nSPS) is 18.4. The molecule has 0 amide bonds. The van der Waals surface area contributed by atoms with E-state index in [-0.39, 0.29) is 11.3 Å². The van der Waals surface area contributed by atoms with Crippen molar-refractivity contribution in [3.05, 3.63) is 53.0 Å². The van der Waals surface area contributed by atoms with Gasteiger partial charge >= 0.3 is 0 Å². The van der Waals surface area contributed by atoms with Crippen LogP contribution < -0.4 is 15.2 Å².